The van der Waals surface area contributed by atoms with Gasteiger partial charge in [0, 0.05) is 18.6 Å². The van der Waals surface area contributed by atoms with Gasteiger partial charge in [0.15, 0.2) is 0 Å². The number of amides is 3. The molecule has 0 radical (unpaired) electrons. The topological polar surface area (TPSA) is 83.8 Å². The van der Waals surface area contributed by atoms with Crippen LogP contribution >= 0.6 is 11.6 Å². The molecule has 160 valence electrons. The highest BCUT2D eigenvalue weighted by Gasteiger charge is 2.52. The highest BCUT2D eigenvalue weighted by molar-refractivity contribution is 6.31. The van der Waals surface area contributed by atoms with Crippen molar-refractivity contribution in [3.05, 3.63) is 58.5 Å². The van der Waals surface area contributed by atoms with Crippen LogP contribution in [0, 0.1) is 5.92 Å². The summed E-state index contributed by atoms with van der Waals surface area (Å²) in [5.74, 6) is 1.47. The minimum absolute atomic E-state index is 0.0251. The lowest BCUT2D eigenvalue weighted by Gasteiger charge is -2.40. The van der Waals surface area contributed by atoms with Crippen LogP contribution in [0.25, 0.3) is 0 Å². The van der Waals surface area contributed by atoms with E-state index in [9.17, 15) is 9.59 Å². The Bertz CT molecular complexity index is 923. The number of methoxy groups -OCH3 is 1. The second kappa shape index (κ2) is 8.79. The largest absolute Gasteiger partial charge is 0.462 e. The number of carbonyl (C=O) groups is 2. The monoisotopic (exact) mass is 431 g/mol. The summed E-state index contributed by atoms with van der Waals surface area (Å²) >= 11 is 6.35. The maximum absolute atomic E-state index is 12.9. The Kier molecular flexibility index (Phi) is 6.13. The number of rotatable bonds is 7. The van der Waals surface area contributed by atoms with E-state index in [4.69, 9.17) is 20.8 Å². The molecule has 0 bridgehead atoms. The number of furan rings is 1. The van der Waals surface area contributed by atoms with Crippen LogP contribution in [0.3, 0.4) is 0 Å². The van der Waals surface area contributed by atoms with Crippen LogP contribution in [0.4, 0.5) is 4.79 Å². The zero-order valence-corrected chi connectivity index (χ0v) is 17.7. The van der Waals surface area contributed by atoms with E-state index in [2.05, 4.69) is 15.5 Å². The summed E-state index contributed by atoms with van der Waals surface area (Å²) in [4.78, 5) is 27.2. The molecule has 1 atom stereocenters. The summed E-state index contributed by atoms with van der Waals surface area (Å²) in [5, 5.41) is 5.98. The molecule has 4 rings (SSSR count). The fourth-order valence-electron chi connectivity index (χ4n) is 4.54. The van der Waals surface area contributed by atoms with Crippen molar-refractivity contribution >= 4 is 23.5 Å². The van der Waals surface area contributed by atoms with E-state index < -0.39 is 11.6 Å². The van der Waals surface area contributed by atoms with Gasteiger partial charge in [-0.15, -0.1) is 0 Å². The van der Waals surface area contributed by atoms with Gasteiger partial charge in [0.05, 0.1) is 6.54 Å². The normalized spacial score (nSPS) is 22.9. The van der Waals surface area contributed by atoms with Gasteiger partial charge in [0.2, 0.25) is 0 Å². The van der Waals surface area contributed by atoms with Crippen molar-refractivity contribution in [2.75, 3.05) is 20.2 Å². The summed E-state index contributed by atoms with van der Waals surface area (Å²) in [6, 6.07) is 10.9. The van der Waals surface area contributed by atoms with E-state index >= 15 is 0 Å². The Hall–Kier alpha value is -2.35. The highest BCUT2D eigenvalue weighted by atomic mass is 35.5. The fourth-order valence-corrected chi connectivity index (χ4v) is 4.74. The van der Waals surface area contributed by atoms with Crippen LogP contribution in [-0.4, -0.2) is 42.6 Å². The average molecular weight is 432 g/mol. The quantitative estimate of drug-likeness (QED) is 0.658. The Labute approximate surface area is 180 Å². The molecule has 0 spiro atoms. The van der Waals surface area contributed by atoms with Crippen LogP contribution in [-0.2, 0) is 29.1 Å². The van der Waals surface area contributed by atoms with E-state index in [1.807, 2.05) is 36.4 Å². The lowest BCUT2D eigenvalue weighted by molar-refractivity contribution is -0.126. The minimum atomic E-state index is -0.968. The van der Waals surface area contributed by atoms with Gasteiger partial charge < -0.3 is 14.5 Å². The summed E-state index contributed by atoms with van der Waals surface area (Å²) in [7, 11) is 1.64. The number of hydrogen-bond donors (Lipinski definition) is 2. The van der Waals surface area contributed by atoms with Crippen molar-refractivity contribution in [1.82, 2.24) is 15.5 Å². The number of halogens is 1. The van der Waals surface area contributed by atoms with Gasteiger partial charge in [-0.05, 0) is 55.6 Å². The molecule has 3 heterocycles. The van der Waals surface area contributed by atoms with Gasteiger partial charge in [-0.25, -0.2) is 4.79 Å². The third-order valence-electron chi connectivity index (χ3n) is 6.06. The molecule has 2 aromatic rings. The van der Waals surface area contributed by atoms with Crippen molar-refractivity contribution in [1.29, 1.82) is 0 Å². The molecular weight excluding hydrogens is 406 g/mol. The summed E-state index contributed by atoms with van der Waals surface area (Å²) < 4.78 is 10.9. The fraction of sp³-hybridized carbons (Fsp3) is 0.455. The smallest absolute Gasteiger partial charge is 0.322 e. The summed E-state index contributed by atoms with van der Waals surface area (Å²) in [6.45, 7) is 2.81. The van der Waals surface area contributed by atoms with Crippen LogP contribution in [0.5, 0.6) is 0 Å². The first-order valence-corrected chi connectivity index (χ1v) is 10.5. The lowest BCUT2D eigenvalue weighted by Crippen LogP contribution is -2.57. The zero-order chi connectivity index (χ0) is 21.1. The van der Waals surface area contributed by atoms with Gasteiger partial charge in [-0.3, -0.25) is 15.0 Å². The second-order valence-corrected chi connectivity index (χ2v) is 8.41. The molecule has 0 saturated carbocycles. The third kappa shape index (κ3) is 4.24. The molecule has 0 aliphatic carbocycles. The molecule has 1 aromatic carbocycles. The van der Waals surface area contributed by atoms with Gasteiger partial charge >= 0.3 is 6.03 Å². The molecule has 30 heavy (non-hydrogen) atoms. The van der Waals surface area contributed by atoms with E-state index in [0.29, 0.717) is 24.6 Å². The number of likely N-dealkylation sites (tertiary alicyclic amines) is 1. The number of nitrogens with zero attached hydrogens (tertiary/aromatic N) is 1. The first-order chi connectivity index (χ1) is 14.5. The van der Waals surface area contributed by atoms with Crippen molar-refractivity contribution in [2.24, 2.45) is 5.92 Å². The van der Waals surface area contributed by atoms with E-state index in [0.717, 1.165) is 43.0 Å². The highest BCUT2D eigenvalue weighted by Crippen LogP contribution is 2.35. The number of ether oxygens (including phenoxy) is 1. The number of imide groups is 1. The number of piperidine rings is 1. The molecule has 7 nitrogen and oxygen atoms in total. The van der Waals surface area contributed by atoms with Crippen molar-refractivity contribution in [3.8, 4) is 0 Å². The number of nitrogens with one attached hydrogen (secondary N) is 2. The van der Waals surface area contributed by atoms with Crippen molar-refractivity contribution in [2.45, 2.75) is 38.0 Å². The molecule has 1 unspecified atom stereocenters. The van der Waals surface area contributed by atoms with Crippen LogP contribution in [0.15, 0.2) is 40.8 Å². The van der Waals surface area contributed by atoms with Gasteiger partial charge in [0.1, 0.15) is 23.7 Å². The molecular formula is C22H26ClN3O4. The lowest BCUT2D eigenvalue weighted by atomic mass is 9.74. The predicted molar refractivity (Wildman–Crippen MR) is 112 cm³/mol. The third-order valence-corrected chi connectivity index (χ3v) is 6.43. The van der Waals surface area contributed by atoms with Gasteiger partial charge in [0.25, 0.3) is 5.91 Å². The van der Waals surface area contributed by atoms with Crippen molar-refractivity contribution < 1.29 is 18.7 Å². The summed E-state index contributed by atoms with van der Waals surface area (Å²) in [5.41, 5.74) is -0.106. The number of carbonyl (C=O) groups excluding carboxylic acids is 2. The Morgan fingerprint density at radius 2 is 1.90 bits per heavy atom. The van der Waals surface area contributed by atoms with Crippen LogP contribution < -0.4 is 10.6 Å². The van der Waals surface area contributed by atoms with E-state index in [1.165, 1.54) is 0 Å². The molecule has 2 N–H and O–H groups in total. The van der Waals surface area contributed by atoms with Crippen LogP contribution in [0.1, 0.15) is 29.9 Å². The number of benzene rings is 1. The standard InChI is InChI=1S/C22H26ClN3O4/c1-29-14-18-7-6-17(30-18)13-26-10-8-16(9-11-26)22(20(27)24-21(28)25-22)12-15-4-2-3-5-19(15)23/h2-7,16H,8-14H2,1H3,(H2,24,25,27,28). The Morgan fingerprint density at radius 1 is 1.17 bits per heavy atom. The minimum Gasteiger partial charge on any atom is -0.462 e. The maximum atomic E-state index is 12.9. The van der Waals surface area contributed by atoms with Gasteiger partial charge in [-0.2, -0.15) is 0 Å². The van der Waals surface area contributed by atoms with E-state index in [-0.39, 0.29) is 11.8 Å². The second-order valence-electron chi connectivity index (χ2n) is 8.00. The zero-order valence-electron chi connectivity index (χ0n) is 16.9. The van der Waals surface area contributed by atoms with Crippen molar-refractivity contribution in [3.63, 3.8) is 0 Å². The average Bonchev–Trinajstić information content (AvgIpc) is 3.28. The first-order valence-electron chi connectivity index (χ1n) is 10.2. The number of hydrogen-bond acceptors (Lipinski definition) is 5. The molecule has 2 aliphatic rings. The molecule has 8 heteroatoms. The van der Waals surface area contributed by atoms with Gasteiger partial charge in [-0.1, -0.05) is 29.8 Å². The summed E-state index contributed by atoms with van der Waals surface area (Å²) in [6.07, 6.45) is 1.97. The Balaban J connectivity index is 1.45. The molecule has 2 aliphatic heterocycles. The first kappa shape index (κ1) is 20.9. The molecule has 2 saturated heterocycles. The van der Waals surface area contributed by atoms with Crippen LogP contribution in [0.2, 0.25) is 5.02 Å². The molecule has 3 amide bonds. The Morgan fingerprint density at radius 3 is 2.57 bits per heavy atom. The maximum Gasteiger partial charge on any atom is 0.322 e. The number of urea groups is 1. The molecule has 1 aromatic heterocycles. The predicted octanol–water partition coefficient (Wildman–Crippen LogP) is 3.11. The SMILES string of the molecule is COCc1ccc(CN2CCC(C3(Cc4ccccc4Cl)NC(=O)NC3=O)CC2)o1. The molecule has 2 fully saturated rings. The van der Waals surface area contributed by atoms with E-state index in [1.54, 1.807) is 7.11 Å².